The number of rotatable bonds is 3. The van der Waals surface area contributed by atoms with Crippen molar-refractivity contribution in [2.45, 2.75) is 51.9 Å². The van der Waals surface area contributed by atoms with E-state index in [0.29, 0.717) is 18.5 Å². The van der Waals surface area contributed by atoms with Crippen molar-refractivity contribution in [2.24, 2.45) is 0 Å². The molecule has 0 saturated carbocycles. The molecule has 1 aliphatic heterocycles. The summed E-state index contributed by atoms with van der Waals surface area (Å²) < 4.78 is 5.44. The summed E-state index contributed by atoms with van der Waals surface area (Å²) in [6.07, 6.45) is -0.990. The predicted octanol–water partition coefficient (Wildman–Crippen LogP) is 2.85. The zero-order valence-electron chi connectivity index (χ0n) is 14.5. The molecule has 0 radical (unpaired) electrons. The SMILES string of the molecule is C[C@H]1c2cccc(C(O)C[N+](=O)[O-])c2CCN1C(=O)OC(C)(C)C. The van der Waals surface area contributed by atoms with E-state index in [9.17, 15) is 20.0 Å². The van der Waals surface area contributed by atoms with Crippen molar-refractivity contribution in [3.63, 3.8) is 0 Å². The van der Waals surface area contributed by atoms with Gasteiger partial charge in [-0.1, -0.05) is 18.2 Å². The first-order chi connectivity index (χ1) is 11.1. The Balaban J connectivity index is 2.27. The van der Waals surface area contributed by atoms with Gasteiger partial charge >= 0.3 is 6.09 Å². The Kier molecular flexibility index (Phi) is 5.13. The molecular weight excluding hydrogens is 312 g/mol. The normalized spacial score (nSPS) is 18.7. The second kappa shape index (κ2) is 6.76. The van der Waals surface area contributed by atoms with Crippen molar-refractivity contribution in [2.75, 3.05) is 13.1 Å². The molecule has 1 aliphatic rings. The Labute approximate surface area is 141 Å². The largest absolute Gasteiger partial charge is 0.444 e. The fraction of sp³-hybridized carbons (Fsp3) is 0.588. The van der Waals surface area contributed by atoms with Crippen molar-refractivity contribution in [1.29, 1.82) is 0 Å². The summed E-state index contributed by atoms with van der Waals surface area (Å²) in [6.45, 7) is 7.27. The smallest absolute Gasteiger partial charge is 0.410 e. The van der Waals surface area contributed by atoms with E-state index in [1.807, 2.05) is 33.8 Å². The maximum Gasteiger partial charge on any atom is 0.410 e. The number of carbonyl (C=O) groups is 1. The number of fused-ring (bicyclic) bond motifs is 1. The lowest BCUT2D eigenvalue weighted by molar-refractivity contribution is -0.491. The van der Waals surface area contributed by atoms with Gasteiger partial charge in [-0.05, 0) is 50.8 Å². The van der Waals surface area contributed by atoms with Crippen molar-refractivity contribution in [1.82, 2.24) is 4.90 Å². The fourth-order valence-corrected chi connectivity index (χ4v) is 3.02. The number of amides is 1. The molecule has 0 fully saturated rings. The lowest BCUT2D eigenvalue weighted by Crippen LogP contribution is -2.42. The number of aliphatic hydroxyl groups is 1. The van der Waals surface area contributed by atoms with Crippen molar-refractivity contribution in [3.05, 3.63) is 45.0 Å². The van der Waals surface area contributed by atoms with Crippen LogP contribution in [-0.4, -0.2) is 39.7 Å². The molecule has 1 N–H and O–H groups in total. The van der Waals surface area contributed by atoms with Crippen molar-refractivity contribution < 1.29 is 19.6 Å². The third kappa shape index (κ3) is 4.03. The highest BCUT2D eigenvalue weighted by Gasteiger charge is 2.33. The van der Waals surface area contributed by atoms with Crippen LogP contribution < -0.4 is 0 Å². The van der Waals surface area contributed by atoms with E-state index in [4.69, 9.17) is 4.74 Å². The highest BCUT2D eigenvalue weighted by Crippen LogP contribution is 2.34. The zero-order valence-corrected chi connectivity index (χ0v) is 14.5. The van der Waals surface area contributed by atoms with Crippen LogP contribution in [-0.2, 0) is 11.2 Å². The monoisotopic (exact) mass is 336 g/mol. The number of ether oxygens (including phenoxy) is 1. The Morgan fingerprint density at radius 3 is 2.75 bits per heavy atom. The summed E-state index contributed by atoms with van der Waals surface area (Å²) in [4.78, 5) is 24.2. The summed E-state index contributed by atoms with van der Waals surface area (Å²) in [6, 6.07) is 5.14. The van der Waals surface area contributed by atoms with Crippen LogP contribution in [0.2, 0.25) is 0 Å². The Hall–Kier alpha value is -2.15. The average Bonchev–Trinajstić information content (AvgIpc) is 2.44. The van der Waals surface area contributed by atoms with Gasteiger partial charge in [0.05, 0.1) is 6.04 Å². The molecule has 1 heterocycles. The quantitative estimate of drug-likeness (QED) is 0.677. The van der Waals surface area contributed by atoms with Gasteiger partial charge in [0.25, 0.3) is 0 Å². The van der Waals surface area contributed by atoms with Gasteiger partial charge < -0.3 is 14.7 Å². The van der Waals surface area contributed by atoms with Gasteiger partial charge in [-0.3, -0.25) is 10.1 Å². The van der Waals surface area contributed by atoms with Crippen molar-refractivity contribution in [3.8, 4) is 0 Å². The van der Waals surface area contributed by atoms with Gasteiger partial charge in [0.1, 0.15) is 11.7 Å². The van der Waals surface area contributed by atoms with Crippen LogP contribution in [0, 0.1) is 10.1 Å². The number of hydrogen-bond acceptors (Lipinski definition) is 5. The van der Waals surface area contributed by atoms with Crippen LogP contribution in [0.4, 0.5) is 4.79 Å². The summed E-state index contributed by atoms with van der Waals surface area (Å²) >= 11 is 0. The van der Waals surface area contributed by atoms with Gasteiger partial charge in [0.2, 0.25) is 6.54 Å². The number of carbonyl (C=O) groups excluding carboxylic acids is 1. The minimum Gasteiger partial charge on any atom is -0.444 e. The number of benzene rings is 1. The molecule has 24 heavy (non-hydrogen) atoms. The molecule has 0 saturated heterocycles. The first-order valence-electron chi connectivity index (χ1n) is 8.01. The van der Waals surface area contributed by atoms with E-state index in [1.165, 1.54) is 0 Å². The molecule has 7 nitrogen and oxygen atoms in total. The number of hydrogen-bond donors (Lipinski definition) is 1. The van der Waals surface area contributed by atoms with Gasteiger partial charge in [-0.2, -0.15) is 0 Å². The third-order valence-electron chi connectivity index (χ3n) is 4.08. The molecule has 2 atom stereocenters. The Bertz CT molecular complexity index is 638. The predicted molar refractivity (Wildman–Crippen MR) is 88.3 cm³/mol. The molecule has 1 amide bonds. The molecule has 1 aromatic carbocycles. The van der Waals surface area contributed by atoms with Gasteiger partial charge in [0.15, 0.2) is 0 Å². The first kappa shape index (κ1) is 18.2. The molecule has 1 aromatic rings. The highest BCUT2D eigenvalue weighted by molar-refractivity contribution is 5.69. The number of aliphatic hydroxyl groups excluding tert-OH is 1. The minimum absolute atomic E-state index is 0.216. The van der Waals surface area contributed by atoms with E-state index in [2.05, 4.69) is 0 Å². The summed E-state index contributed by atoms with van der Waals surface area (Å²) in [5.74, 6) is 0. The molecule has 132 valence electrons. The van der Waals surface area contributed by atoms with Gasteiger partial charge in [0, 0.05) is 11.5 Å². The standard InChI is InChI=1S/C17H24N2O5/c1-11-12-6-5-7-14(15(20)10-19(22)23)13(12)8-9-18(11)16(21)24-17(2,3)4/h5-7,11,15,20H,8-10H2,1-4H3/t11-,15?/m0/s1. The molecule has 0 bridgehead atoms. The molecule has 0 aliphatic carbocycles. The first-order valence-corrected chi connectivity index (χ1v) is 8.01. The second-order valence-electron chi connectivity index (χ2n) is 7.05. The van der Waals surface area contributed by atoms with Gasteiger partial charge in [-0.15, -0.1) is 0 Å². The van der Waals surface area contributed by atoms with Crippen LogP contribution in [0.3, 0.4) is 0 Å². The molecule has 0 spiro atoms. The maximum atomic E-state index is 12.4. The zero-order chi connectivity index (χ0) is 18.1. The van der Waals surface area contributed by atoms with E-state index in [0.717, 1.165) is 11.1 Å². The van der Waals surface area contributed by atoms with E-state index >= 15 is 0 Å². The van der Waals surface area contributed by atoms with Crippen LogP contribution in [0.15, 0.2) is 18.2 Å². The van der Waals surface area contributed by atoms with E-state index in [-0.39, 0.29) is 12.1 Å². The Morgan fingerprint density at radius 1 is 1.50 bits per heavy atom. The summed E-state index contributed by atoms with van der Waals surface area (Å²) in [5.41, 5.74) is 1.78. The average molecular weight is 336 g/mol. The lowest BCUT2D eigenvalue weighted by atomic mass is 9.88. The minimum atomic E-state index is -1.14. The van der Waals surface area contributed by atoms with Crippen LogP contribution in [0.5, 0.6) is 0 Å². The van der Waals surface area contributed by atoms with Crippen molar-refractivity contribution >= 4 is 6.09 Å². The number of nitro groups is 1. The van der Waals surface area contributed by atoms with Crippen LogP contribution >= 0.6 is 0 Å². The molecule has 1 unspecified atom stereocenters. The lowest BCUT2D eigenvalue weighted by Gasteiger charge is -2.37. The van der Waals surface area contributed by atoms with E-state index < -0.39 is 23.2 Å². The fourth-order valence-electron chi connectivity index (χ4n) is 3.02. The van der Waals surface area contributed by atoms with Crippen LogP contribution in [0.25, 0.3) is 0 Å². The molecule has 7 heteroatoms. The number of nitrogens with zero attached hydrogens (tertiary/aromatic N) is 2. The maximum absolute atomic E-state index is 12.4. The topological polar surface area (TPSA) is 92.9 Å². The third-order valence-corrected chi connectivity index (χ3v) is 4.08. The summed E-state index contributed by atoms with van der Waals surface area (Å²) in [7, 11) is 0. The van der Waals surface area contributed by atoms with Gasteiger partial charge in [-0.25, -0.2) is 4.79 Å². The van der Waals surface area contributed by atoms with Crippen LogP contribution in [0.1, 0.15) is 56.5 Å². The Morgan fingerprint density at radius 2 is 2.17 bits per heavy atom. The molecular formula is C17H24N2O5. The van der Waals surface area contributed by atoms with E-state index in [1.54, 1.807) is 17.0 Å². The summed E-state index contributed by atoms with van der Waals surface area (Å²) in [5, 5.41) is 20.8. The highest BCUT2D eigenvalue weighted by atomic mass is 16.6. The molecule has 2 rings (SSSR count). The molecule has 0 aromatic heterocycles. The second-order valence-corrected chi connectivity index (χ2v) is 7.05.